The van der Waals surface area contributed by atoms with E-state index in [0.717, 1.165) is 16.6 Å². The average Bonchev–Trinajstić information content (AvgIpc) is 3.00. The van der Waals surface area contributed by atoms with Crippen molar-refractivity contribution in [2.75, 3.05) is 25.6 Å². The average molecular weight is 368 g/mol. The van der Waals surface area contributed by atoms with Crippen LogP contribution in [0.2, 0.25) is 0 Å². The highest BCUT2D eigenvalue weighted by Crippen LogP contribution is 2.34. The van der Waals surface area contributed by atoms with Gasteiger partial charge < -0.3 is 14.8 Å². The molecule has 1 aromatic carbocycles. The fourth-order valence-corrected chi connectivity index (χ4v) is 3.49. The van der Waals surface area contributed by atoms with Crippen molar-refractivity contribution in [1.82, 2.24) is 9.97 Å². The third kappa shape index (κ3) is 3.64. The van der Waals surface area contributed by atoms with E-state index in [1.165, 1.54) is 17.7 Å². The maximum Gasteiger partial charge on any atom is 0.348 e. The summed E-state index contributed by atoms with van der Waals surface area (Å²) in [7, 11) is 1.55. The number of aromatic nitrogens is 2. The van der Waals surface area contributed by atoms with Gasteiger partial charge in [-0.05, 0) is 30.7 Å². The molecule has 0 aliphatic rings. The smallest absolute Gasteiger partial charge is 0.348 e. The molecular formula is C18H16N4O3S. The molecule has 0 fully saturated rings. The zero-order valence-electron chi connectivity index (χ0n) is 14.3. The molecule has 0 aliphatic carbocycles. The van der Waals surface area contributed by atoms with Crippen LogP contribution in [0.1, 0.15) is 20.8 Å². The number of thiophene rings is 1. The van der Waals surface area contributed by atoms with Crippen LogP contribution in [0.5, 0.6) is 0 Å². The maximum absolute atomic E-state index is 12.3. The predicted octanol–water partition coefficient (Wildman–Crippen LogP) is 3.42. The first-order valence-electron chi connectivity index (χ1n) is 7.81. The molecule has 0 aliphatic heterocycles. The molecular weight excluding hydrogens is 352 g/mol. The number of nitrogens with one attached hydrogen (secondary N) is 1. The number of benzene rings is 1. The van der Waals surface area contributed by atoms with Crippen LogP contribution in [0.15, 0.2) is 30.6 Å². The summed E-state index contributed by atoms with van der Waals surface area (Å²) in [5.74, 6) is 0.176. The molecule has 2 heterocycles. The van der Waals surface area contributed by atoms with Crippen LogP contribution in [0.25, 0.3) is 10.2 Å². The molecule has 8 heteroatoms. The molecule has 0 saturated heterocycles. The summed E-state index contributed by atoms with van der Waals surface area (Å²) in [5.41, 5.74) is 2.04. The molecule has 0 radical (unpaired) electrons. The Kier molecular flexibility index (Phi) is 5.41. The lowest BCUT2D eigenvalue weighted by atomic mass is 10.2. The lowest BCUT2D eigenvalue weighted by Crippen LogP contribution is -2.09. The maximum atomic E-state index is 12.3. The molecule has 7 nitrogen and oxygen atoms in total. The Hall–Kier alpha value is -3.02. The first-order valence-corrected chi connectivity index (χ1v) is 8.63. The highest BCUT2D eigenvalue weighted by molar-refractivity contribution is 7.20. The number of nitrogens with zero attached hydrogens (tertiary/aromatic N) is 3. The largest absolute Gasteiger partial charge is 0.459 e. The third-order valence-corrected chi connectivity index (χ3v) is 4.87. The number of ether oxygens (including phenoxy) is 2. The van der Waals surface area contributed by atoms with Crippen LogP contribution in [0.4, 0.5) is 11.5 Å². The van der Waals surface area contributed by atoms with Gasteiger partial charge in [0.25, 0.3) is 0 Å². The van der Waals surface area contributed by atoms with E-state index < -0.39 is 5.97 Å². The Balaban J connectivity index is 1.94. The van der Waals surface area contributed by atoms with Gasteiger partial charge in [0, 0.05) is 12.8 Å². The number of carbonyl (C=O) groups is 1. The number of methoxy groups -OCH3 is 1. The van der Waals surface area contributed by atoms with Crippen molar-refractivity contribution in [3.63, 3.8) is 0 Å². The second-order valence-corrected chi connectivity index (χ2v) is 6.40. The molecule has 1 N–H and O–H groups in total. The first-order chi connectivity index (χ1) is 12.6. The summed E-state index contributed by atoms with van der Waals surface area (Å²) in [4.78, 5) is 22.0. The highest BCUT2D eigenvalue weighted by Gasteiger charge is 2.20. The second-order valence-electron chi connectivity index (χ2n) is 5.40. The van der Waals surface area contributed by atoms with Crippen molar-refractivity contribution < 1.29 is 14.3 Å². The minimum Gasteiger partial charge on any atom is -0.459 e. The van der Waals surface area contributed by atoms with Gasteiger partial charge in [-0.25, -0.2) is 14.8 Å². The number of esters is 1. The van der Waals surface area contributed by atoms with Gasteiger partial charge in [-0.2, -0.15) is 5.26 Å². The molecule has 132 valence electrons. The van der Waals surface area contributed by atoms with Crippen molar-refractivity contribution in [1.29, 1.82) is 5.26 Å². The minimum absolute atomic E-state index is 0.195. The lowest BCUT2D eigenvalue weighted by molar-refractivity contribution is 0.0393. The zero-order chi connectivity index (χ0) is 18.5. The fourth-order valence-electron chi connectivity index (χ4n) is 2.45. The van der Waals surface area contributed by atoms with E-state index in [1.807, 2.05) is 13.0 Å². The van der Waals surface area contributed by atoms with Crippen molar-refractivity contribution in [2.24, 2.45) is 0 Å². The SMILES string of the molecule is COCCOC(=O)c1sc2ncnc(Nc3cccc(C#N)c3)c2c1C. The van der Waals surface area contributed by atoms with E-state index >= 15 is 0 Å². The third-order valence-electron chi connectivity index (χ3n) is 3.69. The molecule has 0 saturated carbocycles. The number of hydrogen-bond acceptors (Lipinski definition) is 8. The molecule has 3 aromatic rings. The number of anilines is 2. The number of hydrogen-bond donors (Lipinski definition) is 1. The van der Waals surface area contributed by atoms with Gasteiger partial charge in [-0.1, -0.05) is 6.07 Å². The van der Waals surface area contributed by atoms with Crippen LogP contribution in [0, 0.1) is 18.3 Å². The molecule has 0 amide bonds. The van der Waals surface area contributed by atoms with E-state index in [2.05, 4.69) is 21.4 Å². The van der Waals surface area contributed by atoms with Gasteiger partial charge in [0.05, 0.1) is 23.6 Å². The standard InChI is InChI=1S/C18H16N4O3S/c1-11-14-16(22-13-5-3-4-12(8-13)9-19)20-10-21-17(14)26-15(11)18(23)25-7-6-24-2/h3-5,8,10H,6-7H2,1-2H3,(H,20,21,22). The zero-order valence-corrected chi connectivity index (χ0v) is 15.1. The molecule has 26 heavy (non-hydrogen) atoms. The van der Waals surface area contributed by atoms with Crippen LogP contribution >= 0.6 is 11.3 Å². The van der Waals surface area contributed by atoms with E-state index in [9.17, 15) is 4.79 Å². The monoisotopic (exact) mass is 368 g/mol. The molecule has 3 rings (SSSR count). The van der Waals surface area contributed by atoms with Gasteiger partial charge >= 0.3 is 5.97 Å². The van der Waals surface area contributed by atoms with Crippen LogP contribution < -0.4 is 5.32 Å². The van der Waals surface area contributed by atoms with Gasteiger partial charge in [0.2, 0.25) is 0 Å². The van der Waals surface area contributed by atoms with Crippen molar-refractivity contribution in [3.05, 3.63) is 46.6 Å². The topological polar surface area (TPSA) is 97.1 Å². The van der Waals surface area contributed by atoms with Crippen LogP contribution in [-0.4, -0.2) is 36.3 Å². The minimum atomic E-state index is -0.403. The Labute approximate surface area is 154 Å². The summed E-state index contributed by atoms with van der Waals surface area (Å²) in [6.07, 6.45) is 1.44. The van der Waals surface area contributed by atoms with E-state index in [0.29, 0.717) is 27.7 Å². The van der Waals surface area contributed by atoms with Crippen molar-refractivity contribution >= 4 is 39.0 Å². The number of aryl methyl sites for hydroxylation is 1. The second kappa shape index (κ2) is 7.91. The summed E-state index contributed by atoms with van der Waals surface area (Å²) < 4.78 is 10.1. The number of rotatable bonds is 6. The number of carbonyl (C=O) groups excluding carboxylic acids is 1. The Morgan fingerprint density at radius 1 is 1.35 bits per heavy atom. The Morgan fingerprint density at radius 3 is 2.96 bits per heavy atom. The first kappa shape index (κ1) is 17.8. The normalized spacial score (nSPS) is 10.5. The summed E-state index contributed by atoms with van der Waals surface area (Å²) >= 11 is 1.26. The molecule has 0 atom stereocenters. The molecule has 0 unspecified atom stereocenters. The van der Waals surface area contributed by atoms with Gasteiger partial charge in [-0.3, -0.25) is 0 Å². The van der Waals surface area contributed by atoms with Crippen LogP contribution in [0.3, 0.4) is 0 Å². The van der Waals surface area contributed by atoms with Crippen molar-refractivity contribution in [2.45, 2.75) is 6.92 Å². The van der Waals surface area contributed by atoms with E-state index in [-0.39, 0.29) is 6.61 Å². The Morgan fingerprint density at radius 2 is 2.19 bits per heavy atom. The molecule has 2 aromatic heterocycles. The number of nitriles is 1. The highest BCUT2D eigenvalue weighted by atomic mass is 32.1. The predicted molar refractivity (Wildman–Crippen MR) is 98.8 cm³/mol. The fraction of sp³-hybridized carbons (Fsp3) is 0.222. The van der Waals surface area contributed by atoms with Crippen molar-refractivity contribution in [3.8, 4) is 6.07 Å². The quantitative estimate of drug-likeness (QED) is 0.526. The van der Waals surface area contributed by atoms with E-state index in [4.69, 9.17) is 14.7 Å². The van der Waals surface area contributed by atoms with Gasteiger partial charge in [0.15, 0.2) is 0 Å². The van der Waals surface area contributed by atoms with E-state index in [1.54, 1.807) is 25.3 Å². The Bertz CT molecular complexity index is 994. The molecule has 0 spiro atoms. The lowest BCUT2D eigenvalue weighted by Gasteiger charge is -2.07. The summed E-state index contributed by atoms with van der Waals surface area (Å²) in [5, 5.41) is 13.0. The molecule has 0 bridgehead atoms. The number of fused-ring (bicyclic) bond motifs is 1. The van der Waals surface area contributed by atoms with Gasteiger partial charge in [-0.15, -0.1) is 11.3 Å². The summed E-state index contributed by atoms with van der Waals surface area (Å²) in [6.45, 7) is 2.38. The van der Waals surface area contributed by atoms with Gasteiger partial charge in [0.1, 0.15) is 28.5 Å². The van der Waals surface area contributed by atoms with Crippen LogP contribution in [-0.2, 0) is 9.47 Å². The summed E-state index contributed by atoms with van der Waals surface area (Å²) in [6, 6.07) is 9.20.